The molecule has 1 aliphatic carbocycles. The molecule has 0 heterocycles. The highest BCUT2D eigenvalue weighted by Crippen LogP contribution is 2.42. The predicted molar refractivity (Wildman–Crippen MR) is 88.1 cm³/mol. The van der Waals surface area contributed by atoms with E-state index in [2.05, 4.69) is 52.1 Å². The van der Waals surface area contributed by atoms with Gasteiger partial charge in [-0.2, -0.15) is 0 Å². The first kappa shape index (κ1) is 15.9. The van der Waals surface area contributed by atoms with Crippen molar-refractivity contribution in [3.05, 3.63) is 34.9 Å². The van der Waals surface area contributed by atoms with Gasteiger partial charge in [-0.15, -0.1) is 0 Å². The Morgan fingerprint density at radius 2 is 1.75 bits per heavy atom. The van der Waals surface area contributed by atoms with Crippen molar-refractivity contribution >= 4 is 11.6 Å². The van der Waals surface area contributed by atoms with E-state index in [1.54, 1.807) is 0 Å². The molecule has 2 heteroatoms. The number of hydrogen-bond acceptors (Lipinski definition) is 1. The molecular formula is C18H28ClN. The maximum absolute atomic E-state index is 6.01. The molecule has 20 heavy (non-hydrogen) atoms. The monoisotopic (exact) mass is 293 g/mol. The largest absolute Gasteiger partial charge is 0.307 e. The Hall–Kier alpha value is -0.530. The number of nitrogens with one attached hydrogen (secondary N) is 1. The van der Waals surface area contributed by atoms with E-state index in [-0.39, 0.29) is 0 Å². The fourth-order valence-corrected chi connectivity index (χ4v) is 3.82. The topological polar surface area (TPSA) is 12.0 Å². The third kappa shape index (κ3) is 3.77. The zero-order valence-corrected chi connectivity index (χ0v) is 14.2. The second-order valence-electron chi connectivity index (χ2n) is 7.60. The minimum atomic E-state index is 0.411. The molecule has 0 spiro atoms. The van der Waals surface area contributed by atoms with Gasteiger partial charge in [0.15, 0.2) is 0 Å². The molecule has 1 aromatic carbocycles. The first-order valence-electron chi connectivity index (χ1n) is 7.80. The lowest BCUT2D eigenvalue weighted by Gasteiger charge is -2.29. The van der Waals surface area contributed by atoms with E-state index in [1.165, 1.54) is 18.4 Å². The van der Waals surface area contributed by atoms with Gasteiger partial charge in [0.1, 0.15) is 0 Å². The van der Waals surface area contributed by atoms with Gasteiger partial charge in [0.2, 0.25) is 0 Å². The molecule has 112 valence electrons. The van der Waals surface area contributed by atoms with Gasteiger partial charge in [0.05, 0.1) is 0 Å². The smallest absolute Gasteiger partial charge is 0.0406 e. The summed E-state index contributed by atoms with van der Waals surface area (Å²) >= 11 is 6.01. The van der Waals surface area contributed by atoms with Gasteiger partial charge >= 0.3 is 0 Å². The number of rotatable bonds is 4. The van der Waals surface area contributed by atoms with Crippen molar-refractivity contribution in [1.29, 1.82) is 0 Å². The van der Waals surface area contributed by atoms with E-state index in [9.17, 15) is 0 Å². The van der Waals surface area contributed by atoms with Gasteiger partial charge in [-0.3, -0.25) is 0 Å². The second-order valence-corrected chi connectivity index (χ2v) is 8.03. The molecule has 0 aliphatic heterocycles. The average Bonchev–Trinajstić information content (AvgIpc) is 2.60. The molecule has 1 aromatic rings. The summed E-state index contributed by atoms with van der Waals surface area (Å²) in [5, 5.41) is 4.73. The van der Waals surface area contributed by atoms with Crippen LogP contribution < -0.4 is 5.32 Å². The Bertz CT molecular complexity index is 435. The molecule has 0 radical (unpaired) electrons. The quantitative estimate of drug-likeness (QED) is 0.778. The third-order valence-corrected chi connectivity index (χ3v) is 4.88. The lowest BCUT2D eigenvalue weighted by Crippen LogP contribution is -2.37. The lowest BCUT2D eigenvalue weighted by atomic mass is 9.90. The lowest BCUT2D eigenvalue weighted by molar-refractivity contribution is 0.315. The van der Waals surface area contributed by atoms with Crippen LogP contribution in [0.5, 0.6) is 0 Å². The van der Waals surface area contributed by atoms with Crippen molar-refractivity contribution < 1.29 is 0 Å². The van der Waals surface area contributed by atoms with Crippen LogP contribution in [0, 0.1) is 17.3 Å². The SMILES string of the molecule is CC(C)C(NC1CC(C)(C)CC1C)c1ccc(Cl)cc1. The molecule has 2 rings (SSSR count). The van der Waals surface area contributed by atoms with Crippen molar-refractivity contribution in [2.24, 2.45) is 17.3 Å². The highest BCUT2D eigenvalue weighted by Gasteiger charge is 2.37. The highest BCUT2D eigenvalue weighted by molar-refractivity contribution is 6.30. The van der Waals surface area contributed by atoms with Crippen molar-refractivity contribution in [2.45, 2.75) is 59.5 Å². The number of hydrogen-bond donors (Lipinski definition) is 1. The summed E-state index contributed by atoms with van der Waals surface area (Å²) in [4.78, 5) is 0. The third-order valence-electron chi connectivity index (χ3n) is 4.62. The Morgan fingerprint density at radius 3 is 2.20 bits per heavy atom. The van der Waals surface area contributed by atoms with Crippen LogP contribution in [-0.4, -0.2) is 6.04 Å². The highest BCUT2D eigenvalue weighted by atomic mass is 35.5. The standard InChI is InChI=1S/C18H28ClN/c1-12(2)17(14-6-8-15(19)9-7-14)20-16-11-18(4,5)10-13(16)3/h6-9,12-13,16-17,20H,10-11H2,1-5H3. The zero-order chi connectivity index (χ0) is 14.9. The maximum atomic E-state index is 6.01. The summed E-state index contributed by atoms with van der Waals surface area (Å²) in [6.07, 6.45) is 2.58. The van der Waals surface area contributed by atoms with E-state index < -0.39 is 0 Å². The summed E-state index contributed by atoms with van der Waals surface area (Å²) in [6.45, 7) is 11.7. The van der Waals surface area contributed by atoms with Crippen LogP contribution in [0.1, 0.15) is 59.1 Å². The summed E-state index contributed by atoms with van der Waals surface area (Å²) in [5.41, 5.74) is 1.82. The minimum absolute atomic E-state index is 0.411. The summed E-state index contributed by atoms with van der Waals surface area (Å²) in [7, 11) is 0. The summed E-state index contributed by atoms with van der Waals surface area (Å²) in [5.74, 6) is 1.32. The first-order chi connectivity index (χ1) is 9.28. The van der Waals surface area contributed by atoms with E-state index in [4.69, 9.17) is 11.6 Å². The zero-order valence-electron chi connectivity index (χ0n) is 13.4. The molecule has 3 unspecified atom stereocenters. The Kier molecular flexibility index (Phi) is 4.81. The van der Waals surface area contributed by atoms with Crippen molar-refractivity contribution in [2.75, 3.05) is 0 Å². The molecular weight excluding hydrogens is 266 g/mol. The van der Waals surface area contributed by atoms with Crippen LogP contribution in [0.4, 0.5) is 0 Å². The average molecular weight is 294 g/mol. The molecule has 1 saturated carbocycles. The molecule has 1 N–H and O–H groups in total. The fourth-order valence-electron chi connectivity index (χ4n) is 3.69. The minimum Gasteiger partial charge on any atom is -0.307 e. The molecule has 0 bridgehead atoms. The summed E-state index contributed by atoms with van der Waals surface area (Å²) < 4.78 is 0. The second kappa shape index (κ2) is 6.07. The molecule has 0 aromatic heterocycles. The van der Waals surface area contributed by atoms with E-state index >= 15 is 0 Å². The van der Waals surface area contributed by atoms with Crippen LogP contribution >= 0.6 is 11.6 Å². The van der Waals surface area contributed by atoms with Crippen LogP contribution in [0.2, 0.25) is 5.02 Å². The Labute approximate surface area is 129 Å². The van der Waals surface area contributed by atoms with Crippen LogP contribution in [-0.2, 0) is 0 Å². The number of halogens is 1. The first-order valence-corrected chi connectivity index (χ1v) is 8.18. The van der Waals surface area contributed by atoms with E-state index in [1.807, 2.05) is 12.1 Å². The molecule has 3 atom stereocenters. The predicted octanol–water partition coefficient (Wildman–Crippen LogP) is 5.45. The molecule has 1 aliphatic rings. The fraction of sp³-hybridized carbons (Fsp3) is 0.667. The van der Waals surface area contributed by atoms with Gasteiger partial charge < -0.3 is 5.32 Å². The maximum Gasteiger partial charge on any atom is 0.0406 e. The summed E-state index contributed by atoms with van der Waals surface area (Å²) in [6, 6.07) is 9.34. The van der Waals surface area contributed by atoms with Crippen LogP contribution in [0.25, 0.3) is 0 Å². The Balaban J connectivity index is 2.12. The van der Waals surface area contributed by atoms with Gasteiger partial charge in [-0.1, -0.05) is 58.4 Å². The molecule has 0 saturated heterocycles. The van der Waals surface area contributed by atoms with Crippen molar-refractivity contribution in [3.8, 4) is 0 Å². The van der Waals surface area contributed by atoms with Crippen LogP contribution in [0.15, 0.2) is 24.3 Å². The van der Waals surface area contributed by atoms with Gasteiger partial charge in [-0.25, -0.2) is 0 Å². The van der Waals surface area contributed by atoms with Gasteiger partial charge in [0, 0.05) is 17.1 Å². The van der Waals surface area contributed by atoms with E-state index in [0.717, 1.165) is 10.9 Å². The molecule has 1 fully saturated rings. The van der Waals surface area contributed by atoms with Crippen LogP contribution in [0.3, 0.4) is 0 Å². The number of benzene rings is 1. The van der Waals surface area contributed by atoms with Crippen molar-refractivity contribution in [3.63, 3.8) is 0 Å². The molecule has 1 nitrogen and oxygen atoms in total. The van der Waals surface area contributed by atoms with Gasteiger partial charge in [-0.05, 0) is 47.8 Å². The molecule has 0 amide bonds. The normalized spacial score (nSPS) is 26.9. The van der Waals surface area contributed by atoms with Crippen molar-refractivity contribution in [1.82, 2.24) is 5.32 Å². The Morgan fingerprint density at radius 1 is 1.15 bits per heavy atom. The van der Waals surface area contributed by atoms with Gasteiger partial charge in [0.25, 0.3) is 0 Å². The van der Waals surface area contributed by atoms with E-state index in [0.29, 0.717) is 23.4 Å².